The highest BCUT2D eigenvalue weighted by Crippen LogP contribution is 2.17. The van der Waals surface area contributed by atoms with Gasteiger partial charge in [-0.3, -0.25) is 0 Å². The summed E-state index contributed by atoms with van der Waals surface area (Å²) in [6.07, 6.45) is 1.53. The summed E-state index contributed by atoms with van der Waals surface area (Å²) in [5, 5.41) is 17.4. The minimum Gasteiger partial charge on any atom is -0.497 e. The zero-order chi connectivity index (χ0) is 15.8. The molecule has 4 nitrogen and oxygen atoms in total. The monoisotopic (exact) mass is 290 g/mol. The van der Waals surface area contributed by atoms with Gasteiger partial charge in [-0.1, -0.05) is 24.3 Å². The molecule has 0 N–H and O–H groups in total. The fraction of sp³-hybridized carbons (Fsp3) is 0.111. The Balaban J connectivity index is 1.98. The number of nitrogens with zero attached hydrogens (tertiary/aromatic N) is 2. The number of hydrogen-bond donors (Lipinski definition) is 0. The van der Waals surface area contributed by atoms with Gasteiger partial charge in [0.1, 0.15) is 35.8 Å². The number of methoxy groups -OCH3 is 1. The number of rotatable bonds is 5. The zero-order valence-electron chi connectivity index (χ0n) is 12.1. The highest BCUT2D eigenvalue weighted by atomic mass is 16.5. The minimum atomic E-state index is 0.0758. The summed E-state index contributed by atoms with van der Waals surface area (Å²) in [5.41, 5.74) is 1.91. The summed E-state index contributed by atoms with van der Waals surface area (Å²) >= 11 is 0. The molecule has 0 amide bonds. The third kappa shape index (κ3) is 4.13. The van der Waals surface area contributed by atoms with E-state index >= 15 is 0 Å². The molecule has 0 aromatic heterocycles. The molecular weight excluding hydrogens is 276 g/mol. The predicted octanol–water partition coefficient (Wildman–Crippen LogP) is 3.70. The Morgan fingerprint density at radius 2 is 1.55 bits per heavy atom. The molecule has 2 aromatic rings. The fourth-order valence-corrected chi connectivity index (χ4v) is 1.80. The van der Waals surface area contributed by atoms with Crippen molar-refractivity contribution in [2.75, 3.05) is 7.11 Å². The SMILES string of the molecule is COc1ccc(COc2ccc(C=C(C#N)C#N)cc2)cc1. The lowest BCUT2D eigenvalue weighted by atomic mass is 10.1. The second-order valence-electron chi connectivity index (χ2n) is 4.49. The Morgan fingerprint density at radius 3 is 2.09 bits per heavy atom. The van der Waals surface area contributed by atoms with E-state index in [-0.39, 0.29) is 5.57 Å². The highest BCUT2D eigenvalue weighted by Gasteiger charge is 1.98. The van der Waals surface area contributed by atoms with E-state index in [9.17, 15) is 0 Å². The van der Waals surface area contributed by atoms with Crippen LogP contribution in [0, 0.1) is 22.7 Å². The summed E-state index contributed by atoms with van der Waals surface area (Å²) < 4.78 is 10.8. The van der Waals surface area contributed by atoms with E-state index in [0.29, 0.717) is 6.61 Å². The van der Waals surface area contributed by atoms with E-state index in [1.807, 2.05) is 48.5 Å². The topological polar surface area (TPSA) is 66.0 Å². The molecule has 0 aliphatic rings. The minimum absolute atomic E-state index is 0.0758. The molecule has 0 radical (unpaired) electrons. The summed E-state index contributed by atoms with van der Waals surface area (Å²) in [5.74, 6) is 1.54. The first-order chi connectivity index (χ1) is 10.7. The first-order valence-electron chi connectivity index (χ1n) is 6.63. The van der Waals surface area contributed by atoms with E-state index in [2.05, 4.69) is 0 Å². The molecular formula is C18H14N2O2. The molecule has 0 spiro atoms. The third-order valence-corrected chi connectivity index (χ3v) is 3.00. The summed E-state index contributed by atoms with van der Waals surface area (Å²) in [7, 11) is 1.63. The van der Waals surface area contributed by atoms with Crippen LogP contribution in [0.5, 0.6) is 11.5 Å². The van der Waals surface area contributed by atoms with Gasteiger partial charge in [0.05, 0.1) is 7.11 Å². The second-order valence-corrected chi connectivity index (χ2v) is 4.49. The van der Waals surface area contributed by atoms with Crippen molar-refractivity contribution >= 4 is 6.08 Å². The molecule has 0 aliphatic carbocycles. The molecule has 2 rings (SSSR count). The molecule has 0 fully saturated rings. The van der Waals surface area contributed by atoms with E-state index in [0.717, 1.165) is 22.6 Å². The maximum atomic E-state index is 8.72. The number of benzene rings is 2. The maximum Gasteiger partial charge on any atom is 0.130 e. The van der Waals surface area contributed by atoms with Gasteiger partial charge in [0.25, 0.3) is 0 Å². The highest BCUT2D eigenvalue weighted by molar-refractivity contribution is 5.62. The second kappa shape index (κ2) is 7.52. The van der Waals surface area contributed by atoms with Gasteiger partial charge in [-0.05, 0) is 41.5 Å². The van der Waals surface area contributed by atoms with Crippen LogP contribution in [0.2, 0.25) is 0 Å². The smallest absolute Gasteiger partial charge is 0.130 e. The molecule has 0 atom stereocenters. The Hall–Kier alpha value is -3.24. The van der Waals surface area contributed by atoms with Gasteiger partial charge in [0.15, 0.2) is 0 Å². The van der Waals surface area contributed by atoms with E-state index in [4.69, 9.17) is 20.0 Å². The van der Waals surface area contributed by atoms with Crippen molar-refractivity contribution < 1.29 is 9.47 Å². The zero-order valence-corrected chi connectivity index (χ0v) is 12.1. The predicted molar refractivity (Wildman–Crippen MR) is 83.0 cm³/mol. The van der Waals surface area contributed by atoms with E-state index in [1.165, 1.54) is 6.08 Å². The standard InChI is InChI=1S/C18H14N2O2/c1-21-17-6-4-15(5-7-17)13-22-18-8-2-14(3-9-18)10-16(11-19)12-20/h2-10H,13H2,1H3. The van der Waals surface area contributed by atoms with Crippen molar-refractivity contribution in [1.29, 1.82) is 10.5 Å². The van der Waals surface area contributed by atoms with Gasteiger partial charge in [-0.2, -0.15) is 10.5 Å². The van der Waals surface area contributed by atoms with Crippen molar-refractivity contribution in [2.24, 2.45) is 0 Å². The summed E-state index contributed by atoms with van der Waals surface area (Å²) in [4.78, 5) is 0. The number of ether oxygens (including phenoxy) is 2. The van der Waals surface area contributed by atoms with Gasteiger partial charge in [0, 0.05) is 0 Å². The summed E-state index contributed by atoms with van der Waals surface area (Å²) in [6.45, 7) is 0.459. The van der Waals surface area contributed by atoms with Gasteiger partial charge < -0.3 is 9.47 Å². The first-order valence-corrected chi connectivity index (χ1v) is 6.63. The molecule has 0 saturated heterocycles. The van der Waals surface area contributed by atoms with Crippen LogP contribution in [0.4, 0.5) is 0 Å². The number of allylic oxidation sites excluding steroid dienone is 1. The Morgan fingerprint density at radius 1 is 0.955 bits per heavy atom. The fourth-order valence-electron chi connectivity index (χ4n) is 1.80. The Bertz CT molecular complexity index is 717. The molecule has 2 aromatic carbocycles. The summed E-state index contributed by atoms with van der Waals surface area (Å²) in [6, 6.07) is 18.5. The van der Waals surface area contributed by atoms with Crippen LogP contribution in [0.15, 0.2) is 54.1 Å². The van der Waals surface area contributed by atoms with Crippen molar-refractivity contribution in [3.63, 3.8) is 0 Å². The lowest BCUT2D eigenvalue weighted by molar-refractivity contribution is 0.306. The van der Waals surface area contributed by atoms with Gasteiger partial charge in [-0.25, -0.2) is 0 Å². The number of nitriles is 2. The molecule has 22 heavy (non-hydrogen) atoms. The normalized spacial score (nSPS) is 9.23. The maximum absolute atomic E-state index is 8.72. The lowest BCUT2D eigenvalue weighted by Crippen LogP contribution is -1.95. The molecule has 0 saturated carbocycles. The van der Waals surface area contributed by atoms with E-state index in [1.54, 1.807) is 19.2 Å². The average molecular weight is 290 g/mol. The molecule has 0 aliphatic heterocycles. The van der Waals surface area contributed by atoms with Crippen LogP contribution < -0.4 is 9.47 Å². The molecule has 4 heteroatoms. The van der Waals surface area contributed by atoms with Crippen LogP contribution in [0.25, 0.3) is 6.08 Å². The molecule has 0 bridgehead atoms. The third-order valence-electron chi connectivity index (χ3n) is 3.00. The van der Waals surface area contributed by atoms with Crippen molar-refractivity contribution in [3.8, 4) is 23.6 Å². The van der Waals surface area contributed by atoms with Gasteiger partial charge in [0.2, 0.25) is 0 Å². The average Bonchev–Trinajstić information content (AvgIpc) is 2.59. The Labute approximate surface area is 129 Å². The van der Waals surface area contributed by atoms with Crippen molar-refractivity contribution in [2.45, 2.75) is 6.61 Å². The van der Waals surface area contributed by atoms with Crippen LogP contribution in [-0.2, 0) is 6.61 Å². The molecule has 0 unspecified atom stereocenters. The lowest BCUT2D eigenvalue weighted by Gasteiger charge is -2.07. The molecule has 0 heterocycles. The van der Waals surface area contributed by atoms with Crippen LogP contribution in [0.3, 0.4) is 0 Å². The van der Waals surface area contributed by atoms with Gasteiger partial charge >= 0.3 is 0 Å². The van der Waals surface area contributed by atoms with Crippen molar-refractivity contribution in [3.05, 3.63) is 65.2 Å². The number of hydrogen-bond acceptors (Lipinski definition) is 4. The van der Waals surface area contributed by atoms with Crippen LogP contribution >= 0.6 is 0 Å². The van der Waals surface area contributed by atoms with Crippen LogP contribution in [-0.4, -0.2) is 7.11 Å². The largest absolute Gasteiger partial charge is 0.497 e. The quantitative estimate of drug-likeness (QED) is 0.787. The Kier molecular flexibility index (Phi) is 5.18. The van der Waals surface area contributed by atoms with Crippen LogP contribution in [0.1, 0.15) is 11.1 Å². The van der Waals surface area contributed by atoms with Gasteiger partial charge in [-0.15, -0.1) is 0 Å². The van der Waals surface area contributed by atoms with Crippen molar-refractivity contribution in [1.82, 2.24) is 0 Å². The first kappa shape index (κ1) is 15.2. The van der Waals surface area contributed by atoms with E-state index < -0.39 is 0 Å². The molecule has 108 valence electrons.